The van der Waals surface area contributed by atoms with Crippen LogP contribution in [0, 0.1) is 41.5 Å². The molecule has 0 fully saturated rings. The van der Waals surface area contributed by atoms with Crippen LogP contribution in [0.4, 0.5) is 0 Å². The number of nitrogens with zero attached hydrogens (tertiary/aromatic N) is 1. The Bertz CT molecular complexity index is 2550. The van der Waals surface area contributed by atoms with Crippen molar-refractivity contribution in [2.24, 2.45) is 0 Å². The van der Waals surface area contributed by atoms with Gasteiger partial charge >= 0.3 is 0 Å². The van der Waals surface area contributed by atoms with E-state index in [9.17, 15) is 0 Å². The Kier molecular flexibility index (Phi) is 9.46. The quantitative estimate of drug-likeness (QED) is 0.110. The number of hydrogen-bond acceptors (Lipinski definition) is 0. The monoisotopic (exact) mass is 697 g/mol. The third-order valence-electron chi connectivity index (χ3n) is 11.3. The van der Waals surface area contributed by atoms with Crippen molar-refractivity contribution < 1.29 is 0 Å². The first kappa shape index (κ1) is 35.2. The molecule has 0 aliphatic carbocycles. The Labute approximate surface area is 321 Å². The van der Waals surface area contributed by atoms with Crippen LogP contribution in [-0.2, 0) is 6.54 Å². The maximum Gasteiger partial charge on any atom is 0.242 e. The van der Waals surface area contributed by atoms with Crippen LogP contribution in [0.1, 0.15) is 62.6 Å². The van der Waals surface area contributed by atoms with Gasteiger partial charge in [-0.15, -0.1) is 0 Å². The lowest BCUT2D eigenvalue weighted by Gasteiger charge is -2.25. The fraction of sp³-hybridized carbons (Fsp3) is 0.154. The van der Waals surface area contributed by atoms with Gasteiger partial charge in [-0.2, -0.15) is 0 Å². The molecule has 1 nitrogen and oxygen atoms in total. The molecule has 54 heavy (non-hydrogen) atoms. The van der Waals surface area contributed by atoms with E-state index in [1.165, 1.54) is 105 Å². The van der Waals surface area contributed by atoms with E-state index in [4.69, 9.17) is 0 Å². The van der Waals surface area contributed by atoms with Crippen LogP contribution in [0.25, 0.3) is 33.0 Å². The minimum atomic E-state index is 0.0781. The average molecular weight is 698 g/mol. The zero-order valence-corrected chi connectivity index (χ0v) is 32.7. The molecule has 0 unspecified atom stereocenters. The van der Waals surface area contributed by atoms with Gasteiger partial charge in [-0.05, 0) is 100 Å². The molecule has 0 radical (unpaired) electrons. The molecule has 0 saturated carbocycles. The van der Waals surface area contributed by atoms with Gasteiger partial charge in [0.05, 0.1) is 0 Å². The fourth-order valence-electron chi connectivity index (χ4n) is 9.31. The van der Waals surface area contributed by atoms with Crippen molar-refractivity contribution in [2.75, 3.05) is 0 Å². The van der Waals surface area contributed by atoms with E-state index in [1.807, 2.05) is 0 Å². The molecule has 8 rings (SSSR count). The van der Waals surface area contributed by atoms with E-state index < -0.39 is 0 Å². The third kappa shape index (κ3) is 6.30. The predicted molar refractivity (Wildman–Crippen MR) is 235 cm³/mol. The minimum Gasteiger partial charge on any atom is -0.341 e. The lowest BCUT2D eigenvalue weighted by Crippen LogP contribution is -2.55. The standard InChI is InChI=1S/C52H48BN/c1-8-54-47-25-16-15-24-45(47)46-33-43(26-27-48(46)54)50(49(40-18-11-9-12-19-40)41-20-13-10-14-21-41)42-22-17-23-44(32-42)53(51-36(4)28-34(2)29-37(51)5)52-38(6)30-35(3)31-39(52)7/h9-33H,8H2,1-7H3. The van der Waals surface area contributed by atoms with Gasteiger partial charge in [0.2, 0.25) is 6.71 Å². The molecule has 1 heterocycles. The van der Waals surface area contributed by atoms with Gasteiger partial charge in [0.25, 0.3) is 0 Å². The highest BCUT2D eigenvalue weighted by molar-refractivity contribution is 6.96. The molecule has 0 amide bonds. The van der Waals surface area contributed by atoms with Crippen molar-refractivity contribution in [1.29, 1.82) is 0 Å². The highest BCUT2D eigenvalue weighted by atomic mass is 15.0. The molecule has 0 spiro atoms. The Hall–Kier alpha value is -5.86. The number of hydrogen-bond donors (Lipinski definition) is 0. The Balaban J connectivity index is 1.47. The van der Waals surface area contributed by atoms with Crippen molar-refractivity contribution in [3.8, 4) is 0 Å². The van der Waals surface area contributed by atoms with Gasteiger partial charge < -0.3 is 4.57 Å². The second-order valence-corrected chi connectivity index (χ2v) is 15.2. The van der Waals surface area contributed by atoms with E-state index in [0.717, 1.165) is 6.54 Å². The highest BCUT2D eigenvalue weighted by Crippen LogP contribution is 2.39. The molecular formula is C52H48BN. The molecule has 8 aromatic rings. The van der Waals surface area contributed by atoms with Gasteiger partial charge in [0, 0.05) is 28.4 Å². The van der Waals surface area contributed by atoms with Crippen LogP contribution in [0.3, 0.4) is 0 Å². The van der Waals surface area contributed by atoms with E-state index in [-0.39, 0.29) is 6.71 Å². The number of fused-ring (bicyclic) bond motifs is 3. The van der Waals surface area contributed by atoms with E-state index in [1.54, 1.807) is 0 Å². The SMILES string of the molecule is CCn1c2ccccc2c2cc(C(=C(c3ccccc3)c3ccccc3)c3cccc(B(c4c(C)cc(C)cc4C)c4c(C)cc(C)cc4C)c3)ccc21. The molecule has 264 valence electrons. The number of rotatable bonds is 8. The summed E-state index contributed by atoms with van der Waals surface area (Å²) in [5.41, 5.74) is 21.9. The van der Waals surface area contributed by atoms with Gasteiger partial charge in [-0.1, -0.05) is 183 Å². The molecule has 0 aliphatic heterocycles. The van der Waals surface area contributed by atoms with Crippen LogP contribution in [0.5, 0.6) is 0 Å². The van der Waals surface area contributed by atoms with Gasteiger partial charge in [0.15, 0.2) is 0 Å². The predicted octanol–water partition coefficient (Wildman–Crippen LogP) is 11.2. The first-order valence-electron chi connectivity index (χ1n) is 19.4. The highest BCUT2D eigenvalue weighted by Gasteiger charge is 2.29. The number of aromatic nitrogens is 1. The maximum atomic E-state index is 2.49. The largest absolute Gasteiger partial charge is 0.341 e. The summed E-state index contributed by atoms with van der Waals surface area (Å²) < 4.78 is 2.44. The topological polar surface area (TPSA) is 4.93 Å². The summed E-state index contributed by atoms with van der Waals surface area (Å²) in [5.74, 6) is 0. The second kappa shape index (κ2) is 14.5. The Morgan fingerprint density at radius 2 is 0.889 bits per heavy atom. The summed E-state index contributed by atoms with van der Waals surface area (Å²) in [7, 11) is 0. The smallest absolute Gasteiger partial charge is 0.242 e. The molecule has 0 bridgehead atoms. The number of benzene rings is 7. The van der Waals surface area contributed by atoms with Crippen molar-refractivity contribution in [1.82, 2.24) is 4.57 Å². The van der Waals surface area contributed by atoms with Gasteiger partial charge in [0.1, 0.15) is 0 Å². The van der Waals surface area contributed by atoms with E-state index >= 15 is 0 Å². The lowest BCUT2D eigenvalue weighted by molar-refractivity contribution is 0.827. The molecular weight excluding hydrogens is 649 g/mol. The van der Waals surface area contributed by atoms with E-state index in [0.29, 0.717) is 0 Å². The zero-order valence-electron chi connectivity index (χ0n) is 32.7. The molecule has 0 aliphatic rings. The van der Waals surface area contributed by atoms with E-state index in [2.05, 4.69) is 205 Å². The number of aryl methyl sites for hydroxylation is 7. The average Bonchev–Trinajstić information content (AvgIpc) is 3.49. The van der Waals surface area contributed by atoms with Gasteiger partial charge in [-0.3, -0.25) is 0 Å². The van der Waals surface area contributed by atoms with Crippen molar-refractivity contribution in [3.63, 3.8) is 0 Å². The summed E-state index contributed by atoms with van der Waals surface area (Å²) in [4.78, 5) is 0. The minimum absolute atomic E-state index is 0.0781. The summed E-state index contributed by atoms with van der Waals surface area (Å²) in [6.07, 6.45) is 0. The first-order chi connectivity index (χ1) is 26.2. The van der Waals surface area contributed by atoms with Gasteiger partial charge in [-0.25, -0.2) is 0 Å². The second-order valence-electron chi connectivity index (χ2n) is 15.2. The maximum absolute atomic E-state index is 2.49. The van der Waals surface area contributed by atoms with Crippen molar-refractivity contribution >= 4 is 56.1 Å². The molecule has 0 saturated heterocycles. The Morgan fingerprint density at radius 3 is 1.44 bits per heavy atom. The van der Waals surface area contributed by atoms with Crippen molar-refractivity contribution in [3.05, 3.63) is 207 Å². The normalized spacial score (nSPS) is 11.3. The van der Waals surface area contributed by atoms with Crippen molar-refractivity contribution in [2.45, 2.75) is 55.0 Å². The molecule has 2 heteroatoms. The summed E-state index contributed by atoms with van der Waals surface area (Å²) >= 11 is 0. The zero-order chi connectivity index (χ0) is 37.5. The Morgan fingerprint density at radius 1 is 0.426 bits per heavy atom. The summed E-state index contributed by atoms with van der Waals surface area (Å²) in [5, 5.41) is 2.58. The summed E-state index contributed by atoms with van der Waals surface area (Å²) in [6.45, 7) is 16.8. The van der Waals surface area contributed by atoms with Crippen LogP contribution < -0.4 is 16.4 Å². The molecule has 0 N–H and O–H groups in total. The van der Waals surface area contributed by atoms with Crippen LogP contribution in [0.2, 0.25) is 0 Å². The lowest BCUT2D eigenvalue weighted by atomic mass is 9.34. The number of para-hydroxylation sites is 1. The molecule has 0 atom stereocenters. The molecule has 7 aromatic carbocycles. The summed E-state index contributed by atoms with van der Waals surface area (Å²) in [6, 6.07) is 56.7. The molecule has 1 aromatic heterocycles. The first-order valence-corrected chi connectivity index (χ1v) is 19.4. The van der Waals surface area contributed by atoms with Crippen LogP contribution >= 0.6 is 0 Å². The van der Waals surface area contributed by atoms with Crippen LogP contribution in [0.15, 0.2) is 152 Å². The fourth-order valence-corrected chi connectivity index (χ4v) is 9.31. The third-order valence-corrected chi connectivity index (χ3v) is 11.3. The van der Waals surface area contributed by atoms with Crippen LogP contribution in [-0.4, -0.2) is 11.3 Å².